The first kappa shape index (κ1) is 28.9. The number of aliphatic hydroxyl groups excluding tert-OH is 2. The largest absolute Gasteiger partial charge is 0.394 e. The second-order valence-corrected chi connectivity index (χ2v) is 11.2. The SMILES string of the molecule is COCCN1C[C@H](C(=O)N2CCCC[C@@H]2CO)C(c2cccc(F)c2C)[C@H](C(=O)N2CCCC[C@@H]2CO)C1. The van der Waals surface area contributed by atoms with Crippen LogP contribution in [0.4, 0.5) is 4.39 Å². The first-order valence-corrected chi connectivity index (χ1v) is 14.2. The zero-order valence-electron chi connectivity index (χ0n) is 22.9. The molecule has 2 N–H and O–H groups in total. The molecule has 0 spiro atoms. The average Bonchev–Trinajstić information content (AvgIpc) is 2.96. The number of carbonyl (C=O) groups is 2. The molecule has 3 heterocycles. The predicted molar refractivity (Wildman–Crippen MR) is 142 cm³/mol. The molecule has 4 rings (SSSR count). The molecule has 1 aromatic carbocycles. The third-order valence-corrected chi connectivity index (χ3v) is 8.93. The van der Waals surface area contributed by atoms with Gasteiger partial charge in [0.15, 0.2) is 0 Å². The molecular weight excluding hydrogens is 489 g/mol. The van der Waals surface area contributed by atoms with E-state index in [1.54, 1.807) is 29.9 Å². The van der Waals surface area contributed by atoms with Gasteiger partial charge in [-0.3, -0.25) is 14.5 Å². The molecule has 1 aromatic rings. The fourth-order valence-electron chi connectivity index (χ4n) is 6.81. The number of likely N-dealkylation sites (tertiary alicyclic amines) is 3. The van der Waals surface area contributed by atoms with E-state index in [4.69, 9.17) is 4.74 Å². The van der Waals surface area contributed by atoms with Crippen LogP contribution in [-0.4, -0.2) is 108 Å². The van der Waals surface area contributed by atoms with Gasteiger partial charge < -0.3 is 24.7 Å². The van der Waals surface area contributed by atoms with E-state index in [-0.39, 0.29) is 42.9 Å². The van der Waals surface area contributed by atoms with Crippen LogP contribution in [0.2, 0.25) is 0 Å². The fraction of sp³-hybridized carbons (Fsp3) is 0.724. The van der Waals surface area contributed by atoms with Crippen molar-refractivity contribution in [2.45, 2.75) is 63.5 Å². The molecule has 3 saturated heterocycles. The van der Waals surface area contributed by atoms with E-state index < -0.39 is 17.8 Å². The van der Waals surface area contributed by atoms with Crippen molar-refractivity contribution in [3.8, 4) is 0 Å². The Morgan fingerprint density at radius 3 is 2.00 bits per heavy atom. The maximum atomic E-state index is 14.9. The number of hydrogen-bond donors (Lipinski definition) is 2. The Hall–Kier alpha value is -2.07. The number of methoxy groups -OCH3 is 1. The standard InChI is InChI=1S/C29H44FN3O5/c1-20-23(10-7-11-26(20)30)27-24(28(36)32-12-5-3-8-21(32)18-34)16-31(14-15-38-2)17-25(27)29(37)33-13-6-4-9-22(33)19-35/h7,10-11,21-22,24-25,27,34-35H,3-6,8-9,12-19H2,1-2H3/t21-,22-,24-,25+,27?/m1/s1. The van der Waals surface area contributed by atoms with Crippen molar-refractivity contribution in [3.63, 3.8) is 0 Å². The summed E-state index contributed by atoms with van der Waals surface area (Å²) in [7, 11) is 1.63. The summed E-state index contributed by atoms with van der Waals surface area (Å²) in [5, 5.41) is 20.1. The van der Waals surface area contributed by atoms with E-state index >= 15 is 0 Å². The zero-order valence-corrected chi connectivity index (χ0v) is 22.9. The Balaban J connectivity index is 1.78. The van der Waals surface area contributed by atoms with Gasteiger partial charge in [0.25, 0.3) is 0 Å². The molecule has 8 nitrogen and oxygen atoms in total. The lowest BCUT2D eigenvalue weighted by atomic mass is 9.70. The van der Waals surface area contributed by atoms with Crippen LogP contribution in [0.1, 0.15) is 55.6 Å². The summed E-state index contributed by atoms with van der Waals surface area (Å²) in [4.78, 5) is 34.3. The van der Waals surface area contributed by atoms with Gasteiger partial charge in [-0.15, -0.1) is 0 Å². The molecule has 1 unspecified atom stereocenters. The van der Waals surface area contributed by atoms with E-state index in [1.165, 1.54) is 6.07 Å². The van der Waals surface area contributed by atoms with E-state index in [2.05, 4.69) is 4.90 Å². The molecule has 3 aliphatic heterocycles. The monoisotopic (exact) mass is 533 g/mol. The molecule has 0 radical (unpaired) electrons. The quantitative estimate of drug-likeness (QED) is 0.532. The van der Waals surface area contributed by atoms with Crippen LogP contribution in [0, 0.1) is 24.6 Å². The van der Waals surface area contributed by atoms with Crippen molar-refractivity contribution in [1.82, 2.24) is 14.7 Å². The Morgan fingerprint density at radius 2 is 1.50 bits per heavy atom. The van der Waals surface area contributed by atoms with Crippen LogP contribution < -0.4 is 0 Å². The summed E-state index contributed by atoms with van der Waals surface area (Å²) in [5.41, 5.74) is 1.16. The van der Waals surface area contributed by atoms with Crippen LogP contribution in [0.15, 0.2) is 18.2 Å². The number of amides is 2. The highest BCUT2D eigenvalue weighted by Crippen LogP contribution is 2.42. The summed E-state index contributed by atoms with van der Waals surface area (Å²) in [6.45, 7) is 4.60. The van der Waals surface area contributed by atoms with Crippen LogP contribution in [-0.2, 0) is 14.3 Å². The van der Waals surface area contributed by atoms with Crippen molar-refractivity contribution in [2.24, 2.45) is 11.8 Å². The molecule has 0 aliphatic carbocycles. The Labute approximate surface area is 225 Å². The van der Waals surface area contributed by atoms with Crippen LogP contribution in [0.3, 0.4) is 0 Å². The predicted octanol–water partition coefficient (Wildman–Crippen LogP) is 2.16. The van der Waals surface area contributed by atoms with Crippen LogP contribution in [0.25, 0.3) is 0 Å². The minimum absolute atomic E-state index is 0.0744. The zero-order chi connectivity index (χ0) is 27.2. The Morgan fingerprint density at radius 1 is 0.947 bits per heavy atom. The maximum Gasteiger partial charge on any atom is 0.227 e. The number of benzene rings is 1. The summed E-state index contributed by atoms with van der Waals surface area (Å²) in [6, 6.07) is 4.45. The lowest BCUT2D eigenvalue weighted by Gasteiger charge is -2.48. The van der Waals surface area contributed by atoms with E-state index in [0.29, 0.717) is 50.5 Å². The van der Waals surface area contributed by atoms with Gasteiger partial charge in [-0.25, -0.2) is 4.39 Å². The topological polar surface area (TPSA) is 93.6 Å². The highest BCUT2D eigenvalue weighted by Gasteiger charge is 2.48. The first-order valence-electron chi connectivity index (χ1n) is 14.2. The maximum absolute atomic E-state index is 14.9. The number of piperidine rings is 3. The molecule has 212 valence electrons. The number of hydrogen-bond acceptors (Lipinski definition) is 6. The fourth-order valence-corrected chi connectivity index (χ4v) is 6.81. The van der Waals surface area contributed by atoms with Gasteiger partial charge >= 0.3 is 0 Å². The van der Waals surface area contributed by atoms with Gasteiger partial charge in [-0.2, -0.15) is 0 Å². The van der Waals surface area contributed by atoms with Gasteiger partial charge in [0.05, 0.1) is 43.7 Å². The molecule has 0 aromatic heterocycles. The minimum atomic E-state index is -0.570. The van der Waals surface area contributed by atoms with Crippen LogP contribution in [0.5, 0.6) is 0 Å². The third-order valence-electron chi connectivity index (χ3n) is 8.93. The smallest absolute Gasteiger partial charge is 0.227 e. The van der Waals surface area contributed by atoms with Crippen LogP contribution >= 0.6 is 0 Å². The Bertz CT molecular complexity index is 916. The Kier molecular flexibility index (Phi) is 10.1. The second-order valence-electron chi connectivity index (χ2n) is 11.2. The molecule has 5 atom stereocenters. The van der Waals surface area contributed by atoms with Gasteiger partial charge in [0, 0.05) is 45.8 Å². The van der Waals surface area contributed by atoms with Gasteiger partial charge in [0.1, 0.15) is 5.82 Å². The molecule has 2 amide bonds. The number of ether oxygens (including phenoxy) is 1. The number of halogens is 1. The highest BCUT2D eigenvalue weighted by molar-refractivity contribution is 5.85. The number of nitrogens with zero attached hydrogens (tertiary/aromatic N) is 3. The summed E-state index contributed by atoms with van der Waals surface area (Å²) >= 11 is 0. The highest BCUT2D eigenvalue weighted by atomic mass is 19.1. The number of carbonyl (C=O) groups excluding carboxylic acids is 2. The summed E-state index contributed by atoms with van der Waals surface area (Å²) < 4.78 is 20.2. The summed E-state index contributed by atoms with van der Waals surface area (Å²) in [5.74, 6) is -2.14. The van der Waals surface area contributed by atoms with E-state index in [9.17, 15) is 24.2 Å². The molecule has 3 aliphatic rings. The molecule has 0 bridgehead atoms. The molecule has 38 heavy (non-hydrogen) atoms. The van der Waals surface area contributed by atoms with Crippen molar-refractivity contribution >= 4 is 11.8 Å². The van der Waals surface area contributed by atoms with Crippen molar-refractivity contribution in [2.75, 3.05) is 59.7 Å². The minimum Gasteiger partial charge on any atom is -0.394 e. The lowest BCUT2D eigenvalue weighted by molar-refractivity contribution is -0.150. The first-order chi connectivity index (χ1) is 18.4. The molecule has 3 fully saturated rings. The third kappa shape index (κ3) is 6.06. The van der Waals surface area contributed by atoms with Gasteiger partial charge in [0.2, 0.25) is 11.8 Å². The van der Waals surface area contributed by atoms with Gasteiger partial charge in [-0.05, 0) is 62.6 Å². The normalized spacial score (nSPS) is 28.9. The number of aliphatic hydroxyl groups is 2. The molecule has 9 heteroatoms. The molecular formula is C29H44FN3O5. The van der Waals surface area contributed by atoms with Crippen molar-refractivity contribution < 1.29 is 28.9 Å². The number of rotatable bonds is 8. The van der Waals surface area contributed by atoms with Crippen molar-refractivity contribution in [1.29, 1.82) is 0 Å². The van der Waals surface area contributed by atoms with E-state index in [1.807, 2.05) is 6.07 Å². The van der Waals surface area contributed by atoms with Crippen molar-refractivity contribution in [3.05, 3.63) is 35.1 Å². The summed E-state index contributed by atoms with van der Waals surface area (Å²) in [6.07, 6.45) is 5.18. The van der Waals surface area contributed by atoms with E-state index in [0.717, 1.165) is 38.5 Å². The average molecular weight is 534 g/mol. The molecule has 0 saturated carbocycles. The second kappa shape index (κ2) is 13.3. The van der Waals surface area contributed by atoms with Gasteiger partial charge in [-0.1, -0.05) is 12.1 Å². The lowest BCUT2D eigenvalue weighted by Crippen LogP contribution is -2.59.